The first kappa shape index (κ1) is 60.4. The summed E-state index contributed by atoms with van der Waals surface area (Å²) >= 11 is 3.77. The molecule has 101 heavy (non-hydrogen) atoms. The van der Waals surface area contributed by atoms with Crippen LogP contribution in [0.5, 0.6) is 0 Å². The molecule has 2 heterocycles. The summed E-state index contributed by atoms with van der Waals surface area (Å²) in [6, 6.07) is 133. The van der Waals surface area contributed by atoms with Crippen LogP contribution in [-0.2, 0) is 10.8 Å². The van der Waals surface area contributed by atoms with Crippen molar-refractivity contribution in [2.45, 2.75) is 31.6 Å². The van der Waals surface area contributed by atoms with Gasteiger partial charge in [0.1, 0.15) is 0 Å². The molecule has 0 bridgehead atoms. The second-order valence-corrected chi connectivity index (χ2v) is 30.2. The van der Waals surface area contributed by atoms with E-state index in [0.717, 1.165) is 0 Å². The Balaban J connectivity index is 0.000000147. The molecule has 17 aromatic carbocycles. The number of hydrogen-bond donors (Lipinski definition) is 0. The average Bonchev–Trinajstić information content (AvgIpc) is 1.55. The Morgan fingerprint density at radius 3 is 1.07 bits per heavy atom. The Morgan fingerprint density at radius 2 is 0.574 bits per heavy atom. The van der Waals surface area contributed by atoms with Crippen LogP contribution in [0.25, 0.3) is 161 Å². The van der Waals surface area contributed by atoms with Gasteiger partial charge in [0.05, 0.1) is 5.41 Å². The number of fused-ring (bicyclic) bond motifs is 15. The molecule has 0 N–H and O–H groups in total. The lowest BCUT2D eigenvalue weighted by molar-refractivity contribution is 0.590. The zero-order chi connectivity index (χ0) is 67.3. The second-order valence-electron chi connectivity index (χ2n) is 28.1. The molecule has 0 saturated carbocycles. The highest BCUT2D eigenvalue weighted by Gasteiger charge is 2.46. The SMILES string of the molecule is CC(C)(C)c1ccc(-c2ccc3cc(-c4ccc(-c5cccc6c5sc5ccccc56)cc4)c4ccccc4c3c2)cc1.c1ccc(C2(c3ccccc3)c3ccccc3-c3ccc(-c4ccc5cc(-c6ccc(-c7cccc8c7sc7ccccc78)cc6)c6ccccc6c5c4)cc32)cc1. The lowest BCUT2D eigenvalue weighted by atomic mass is 9.67. The Hall–Kier alpha value is -11.8. The molecule has 0 saturated heterocycles. The Labute approximate surface area is 597 Å². The van der Waals surface area contributed by atoms with Crippen molar-refractivity contribution < 1.29 is 0 Å². The highest BCUT2D eigenvalue weighted by atomic mass is 32.1. The summed E-state index contributed by atoms with van der Waals surface area (Å²) in [7, 11) is 0. The van der Waals surface area contributed by atoms with Gasteiger partial charge in [-0.05, 0) is 197 Å². The fourth-order valence-electron chi connectivity index (χ4n) is 16.4. The predicted octanol–water partition coefficient (Wildman–Crippen LogP) is 28.4. The molecule has 0 amide bonds. The Bertz CT molecular complexity index is 6400. The Kier molecular flexibility index (Phi) is 14.5. The molecule has 0 radical (unpaired) electrons. The van der Waals surface area contributed by atoms with Gasteiger partial charge in [0.15, 0.2) is 0 Å². The summed E-state index contributed by atoms with van der Waals surface area (Å²) in [5, 5.41) is 15.5. The smallest absolute Gasteiger partial charge is 0.0713 e. The molecule has 0 nitrogen and oxygen atoms in total. The third-order valence-electron chi connectivity index (χ3n) is 21.4. The fraction of sp³-hybridized carbons (Fsp3) is 0.0505. The zero-order valence-electron chi connectivity index (χ0n) is 56.4. The number of hydrogen-bond acceptors (Lipinski definition) is 2. The zero-order valence-corrected chi connectivity index (χ0v) is 58.0. The predicted molar refractivity (Wildman–Crippen MR) is 437 cm³/mol. The molecule has 1 aliphatic carbocycles. The van der Waals surface area contributed by atoms with Gasteiger partial charge >= 0.3 is 0 Å². The monoisotopic (exact) mass is 1320 g/mol. The van der Waals surface area contributed by atoms with Gasteiger partial charge in [-0.25, -0.2) is 0 Å². The molecule has 0 unspecified atom stereocenters. The molecule has 0 spiro atoms. The molecule has 476 valence electrons. The summed E-state index contributed by atoms with van der Waals surface area (Å²) in [6.07, 6.45) is 0. The lowest BCUT2D eigenvalue weighted by Gasteiger charge is -2.34. The molecule has 1 aliphatic rings. The van der Waals surface area contributed by atoms with Crippen LogP contribution in [0.2, 0.25) is 0 Å². The minimum absolute atomic E-state index is 0.151. The third kappa shape index (κ3) is 10.1. The van der Waals surface area contributed by atoms with E-state index in [1.807, 2.05) is 22.7 Å². The van der Waals surface area contributed by atoms with Crippen molar-refractivity contribution in [2.75, 3.05) is 0 Å². The van der Waals surface area contributed by atoms with Gasteiger partial charge in [-0.3, -0.25) is 0 Å². The van der Waals surface area contributed by atoms with Crippen LogP contribution in [-0.4, -0.2) is 0 Å². The summed E-state index contributed by atoms with van der Waals surface area (Å²) in [4.78, 5) is 0. The van der Waals surface area contributed by atoms with E-state index in [1.165, 1.54) is 189 Å². The molecular formula is C99H68S2. The number of rotatable bonds is 8. The quantitative estimate of drug-likeness (QED) is 0.133. The lowest BCUT2D eigenvalue weighted by Crippen LogP contribution is -2.28. The van der Waals surface area contributed by atoms with Crippen LogP contribution in [0.4, 0.5) is 0 Å². The van der Waals surface area contributed by atoms with Gasteiger partial charge in [0.2, 0.25) is 0 Å². The van der Waals surface area contributed by atoms with E-state index in [4.69, 9.17) is 0 Å². The molecule has 0 atom stereocenters. The van der Waals surface area contributed by atoms with Crippen molar-refractivity contribution in [3.8, 4) is 77.9 Å². The maximum absolute atomic E-state index is 2.47. The topological polar surface area (TPSA) is 0 Å². The van der Waals surface area contributed by atoms with Crippen molar-refractivity contribution in [2.24, 2.45) is 0 Å². The van der Waals surface area contributed by atoms with Crippen LogP contribution in [0, 0.1) is 0 Å². The minimum Gasteiger partial charge on any atom is -0.135 e. The number of thiophene rings is 2. The van der Waals surface area contributed by atoms with Gasteiger partial charge in [0.25, 0.3) is 0 Å². The van der Waals surface area contributed by atoms with Crippen LogP contribution in [0.1, 0.15) is 48.6 Å². The van der Waals surface area contributed by atoms with E-state index in [9.17, 15) is 0 Å². The van der Waals surface area contributed by atoms with Gasteiger partial charge in [-0.2, -0.15) is 0 Å². The molecule has 20 rings (SSSR count). The van der Waals surface area contributed by atoms with Crippen molar-refractivity contribution in [1.29, 1.82) is 0 Å². The van der Waals surface area contributed by atoms with E-state index >= 15 is 0 Å². The molecular weight excluding hydrogens is 1250 g/mol. The minimum atomic E-state index is -0.428. The van der Waals surface area contributed by atoms with Crippen LogP contribution < -0.4 is 0 Å². The molecule has 0 fully saturated rings. The number of benzene rings is 17. The Morgan fingerprint density at radius 1 is 0.218 bits per heavy atom. The summed E-state index contributed by atoms with van der Waals surface area (Å²) in [5.41, 5.74) is 24.0. The largest absolute Gasteiger partial charge is 0.135 e. The average molecular weight is 1320 g/mol. The first-order chi connectivity index (χ1) is 49.7. The fourth-order valence-corrected chi connectivity index (χ4v) is 18.9. The highest BCUT2D eigenvalue weighted by Crippen LogP contribution is 2.57. The third-order valence-corrected chi connectivity index (χ3v) is 23.9. The van der Waals surface area contributed by atoms with Crippen LogP contribution in [0.3, 0.4) is 0 Å². The molecule has 2 aromatic heterocycles. The maximum atomic E-state index is 2.47. The molecule has 0 aliphatic heterocycles. The summed E-state index contributed by atoms with van der Waals surface area (Å²) < 4.78 is 5.38. The van der Waals surface area contributed by atoms with E-state index in [0.29, 0.717) is 0 Å². The second kappa shape index (κ2) is 24.3. The van der Waals surface area contributed by atoms with Gasteiger partial charge < -0.3 is 0 Å². The highest BCUT2D eigenvalue weighted by molar-refractivity contribution is 7.26. The van der Waals surface area contributed by atoms with Crippen molar-refractivity contribution in [3.63, 3.8) is 0 Å². The van der Waals surface area contributed by atoms with Gasteiger partial charge in [0, 0.05) is 40.3 Å². The normalized spacial score (nSPS) is 12.6. The molecule has 2 heteroatoms. The first-order valence-corrected chi connectivity index (χ1v) is 36.7. The van der Waals surface area contributed by atoms with Gasteiger partial charge in [-0.15, -0.1) is 22.7 Å². The standard InChI is InChI=1S/C57H36S.C42H32S/c1-3-14-42(15-4-1)57(43-16-5-2-6-17-43)53-24-11-9-20-47(53)48-33-32-40(36-54(48)57)39-30-31-41-35-51(45-18-7-8-19-46(45)52(41)34-39)38-28-26-37(27-29-38)44-22-13-23-50-49-21-10-12-25-55(49)58-56(44)50;1-42(2,3)32-23-21-27(22-24-32)30-19-20-31-26-38(34-9-4-5-10-35(34)39(31)25-30)29-17-15-28(16-18-29)33-12-8-13-37-36-11-6-7-14-40(36)43-41(33)37/h1-36H;4-26H,1-3H3. The summed E-state index contributed by atoms with van der Waals surface area (Å²) in [6.45, 7) is 6.79. The molecule has 19 aromatic rings. The van der Waals surface area contributed by atoms with Crippen molar-refractivity contribution in [1.82, 2.24) is 0 Å². The van der Waals surface area contributed by atoms with E-state index in [1.54, 1.807) is 0 Å². The van der Waals surface area contributed by atoms with Gasteiger partial charge in [-0.1, -0.05) is 336 Å². The van der Waals surface area contributed by atoms with Crippen LogP contribution >= 0.6 is 22.7 Å². The van der Waals surface area contributed by atoms with Crippen molar-refractivity contribution in [3.05, 3.63) is 386 Å². The summed E-state index contributed by atoms with van der Waals surface area (Å²) in [5.74, 6) is 0. The van der Waals surface area contributed by atoms with E-state index in [2.05, 4.69) is 379 Å². The maximum Gasteiger partial charge on any atom is 0.0713 e. The van der Waals surface area contributed by atoms with E-state index < -0.39 is 5.41 Å². The van der Waals surface area contributed by atoms with E-state index in [-0.39, 0.29) is 5.41 Å². The van der Waals surface area contributed by atoms with Crippen LogP contribution in [0.15, 0.2) is 358 Å². The first-order valence-electron chi connectivity index (χ1n) is 35.1. The van der Waals surface area contributed by atoms with Crippen molar-refractivity contribution >= 4 is 106 Å².